The van der Waals surface area contributed by atoms with Crippen LogP contribution in [-0.4, -0.2) is 75.7 Å². The Balaban J connectivity index is 1.34. The van der Waals surface area contributed by atoms with E-state index < -0.39 is 0 Å². The molecule has 0 bridgehead atoms. The molecule has 3 aliphatic rings. The number of benzene rings is 1. The van der Waals surface area contributed by atoms with E-state index in [1.54, 1.807) is 12.1 Å². The molecule has 2 saturated heterocycles. The van der Waals surface area contributed by atoms with Crippen LogP contribution in [0.2, 0.25) is 0 Å². The van der Waals surface area contributed by atoms with Gasteiger partial charge in [0.25, 0.3) is 5.91 Å². The van der Waals surface area contributed by atoms with Crippen LogP contribution in [0.5, 0.6) is 0 Å². The fraction of sp³-hybridized carbons (Fsp3) is 0.522. The SMILES string of the molecule is O=C(c1nn(-c2ccc(F)cc2)c2c1CCCC2)N1CCN(C(=O)N2CCCC2)CC1. The molecule has 31 heavy (non-hydrogen) atoms. The number of carbonyl (C=O) groups excluding carboxylic acids is 2. The number of nitrogens with zero attached hydrogens (tertiary/aromatic N) is 5. The zero-order chi connectivity index (χ0) is 21.4. The molecule has 164 valence electrons. The number of urea groups is 1. The molecule has 0 atom stereocenters. The van der Waals surface area contributed by atoms with Crippen molar-refractivity contribution in [1.82, 2.24) is 24.5 Å². The number of piperazine rings is 1. The molecule has 0 N–H and O–H groups in total. The van der Waals surface area contributed by atoms with Crippen molar-refractivity contribution in [2.45, 2.75) is 38.5 Å². The molecule has 2 aromatic rings. The second kappa shape index (κ2) is 8.32. The van der Waals surface area contributed by atoms with Crippen LogP contribution in [0.3, 0.4) is 0 Å². The first kappa shape index (κ1) is 20.0. The van der Waals surface area contributed by atoms with Crippen LogP contribution in [0, 0.1) is 5.82 Å². The fourth-order valence-electron chi connectivity index (χ4n) is 4.93. The van der Waals surface area contributed by atoms with Gasteiger partial charge in [0.15, 0.2) is 5.69 Å². The first-order valence-corrected chi connectivity index (χ1v) is 11.3. The summed E-state index contributed by atoms with van der Waals surface area (Å²) in [5.41, 5.74) is 3.37. The summed E-state index contributed by atoms with van der Waals surface area (Å²) in [5.74, 6) is -0.352. The number of likely N-dealkylation sites (tertiary alicyclic amines) is 1. The van der Waals surface area contributed by atoms with Gasteiger partial charge in [-0.05, 0) is 62.8 Å². The zero-order valence-electron chi connectivity index (χ0n) is 17.7. The van der Waals surface area contributed by atoms with E-state index in [4.69, 9.17) is 5.10 Å². The number of rotatable bonds is 2. The number of amides is 3. The van der Waals surface area contributed by atoms with Crippen LogP contribution < -0.4 is 0 Å². The van der Waals surface area contributed by atoms with Gasteiger partial charge in [-0.1, -0.05) is 0 Å². The monoisotopic (exact) mass is 425 g/mol. The lowest BCUT2D eigenvalue weighted by atomic mass is 9.95. The van der Waals surface area contributed by atoms with E-state index in [1.165, 1.54) is 12.1 Å². The van der Waals surface area contributed by atoms with Gasteiger partial charge in [0.1, 0.15) is 5.82 Å². The van der Waals surface area contributed by atoms with Gasteiger partial charge in [0, 0.05) is 50.5 Å². The van der Waals surface area contributed by atoms with Gasteiger partial charge in [-0.3, -0.25) is 4.79 Å². The van der Waals surface area contributed by atoms with E-state index in [2.05, 4.69) is 0 Å². The van der Waals surface area contributed by atoms with Crippen molar-refractivity contribution in [3.8, 4) is 5.69 Å². The molecule has 0 saturated carbocycles. The molecule has 7 nitrogen and oxygen atoms in total. The molecule has 2 fully saturated rings. The minimum atomic E-state index is -0.289. The van der Waals surface area contributed by atoms with Crippen LogP contribution >= 0.6 is 0 Å². The number of fused-ring (bicyclic) bond motifs is 1. The Morgan fingerprint density at radius 2 is 1.39 bits per heavy atom. The van der Waals surface area contributed by atoms with Crippen molar-refractivity contribution in [3.05, 3.63) is 47.0 Å². The molecule has 0 unspecified atom stereocenters. The Morgan fingerprint density at radius 1 is 0.774 bits per heavy atom. The lowest BCUT2D eigenvalue weighted by molar-refractivity contribution is 0.0637. The summed E-state index contributed by atoms with van der Waals surface area (Å²) in [5, 5.41) is 4.70. The summed E-state index contributed by atoms with van der Waals surface area (Å²) in [6.45, 7) is 3.84. The molecule has 3 amide bonds. The highest BCUT2D eigenvalue weighted by atomic mass is 19.1. The number of hydrogen-bond acceptors (Lipinski definition) is 3. The summed E-state index contributed by atoms with van der Waals surface area (Å²) in [4.78, 5) is 31.6. The third-order valence-corrected chi connectivity index (χ3v) is 6.67. The van der Waals surface area contributed by atoms with Crippen LogP contribution in [0.4, 0.5) is 9.18 Å². The Bertz CT molecular complexity index is 973. The maximum absolute atomic E-state index is 13.4. The largest absolute Gasteiger partial charge is 0.334 e. The molecular weight excluding hydrogens is 397 g/mol. The molecule has 8 heteroatoms. The van der Waals surface area contributed by atoms with E-state index in [0.717, 1.165) is 68.6 Å². The molecule has 3 heterocycles. The molecule has 0 spiro atoms. The fourth-order valence-corrected chi connectivity index (χ4v) is 4.93. The van der Waals surface area contributed by atoms with Crippen LogP contribution in [0.25, 0.3) is 5.69 Å². The van der Waals surface area contributed by atoms with Gasteiger partial charge < -0.3 is 14.7 Å². The van der Waals surface area contributed by atoms with E-state index in [0.29, 0.717) is 31.9 Å². The quantitative estimate of drug-likeness (QED) is 0.743. The van der Waals surface area contributed by atoms with Crippen molar-refractivity contribution < 1.29 is 14.0 Å². The highest BCUT2D eigenvalue weighted by Gasteiger charge is 2.32. The average Bonchev–Trinajstić information content (AvgIpc) is 3.48. The van der Waals surface area contributed by atoms with Gasteiger partial charge in [-0.25, -0.2) is 13.9 Å². The third-order valence-electron chi connectivity index (χ3n) is 6.67. The summed E-state index contributed by atoms with van der Waals surface area (Å²) >= 11 is 0. The second-order valence-electron chi connectivity index (χ2n) is 8.63. The second-order valence-corrected chi connectivity index (χ2v) is 8.63. The third kappa shape index (κ3) is 3.79. The maximum Gasteiger partial charge on any atom is 0.320 e. The predicted molar refractivity (Wildman–Crippen MR) is 114 cm³/mol. The summed E-state index contributed by atoms with van der Waals surface area (Å²) < 4.78 is 15.2. The molecule has 2 aliphatic heterocycles. The van der Waals surface area contributed by atoms with E-state index >= 15 is 0 Å². The van der Waals surface area contributed by atoms with Crippen molar-refractivity contribution in [3.63, 3.8) is 0 Å². The van der Waals surface area contributed by atoms with Crippen LogP contribution in [0.1, 0.15) is 47.4 Å². The summed E-state index contributed by atoms with van der Waals surface area (Å²) in [6.07, 6.45) is 5.96. The highest BCUT2D eigenvalue weighted by Crippen LogP contribution is 2.28. The molecule has 1 aromatic heterocycles. The topological polar surface area (TPSA) is 61.7 Å². The number of carbonyl (C=O) groups is 2. The molecule has 1 aliphatic carbocycles. The lowest BCUT2D eigenvalue weighted by Gasteiger charge is -2.36. The van der Waals surface area contributed by atoms with Crippen molar-refractivity contribution in [1.29, 1.82) is 0 Å². The van der Waals surface area contributed by atoms with Gasteiger partial charge in [-0.15, -0.1) is 0 Å². The van der Waals surface area contributed by atoms with Gasteiger partial charge in [-0.2, -0.15) is 5.10 Å². The van der Waals surface area contributed by atoms with Gasteiger partial charge in [0.05, 0.1) is 5.69 Å². The van der Waals surface area contributed by atoms with E-state index in [9.17, 15) is 14.0 Å². The Kier molecular flexibility index (Phi) is 5.38. The Morgan fingerprint density at radius 3 is 2.10 bits per heavy atom. The zero-order valence-corrected chi connectivity index (χ0v) is 17.7. The number of hydrogen-bond donors (Lipinski definition) is 0. The average molecular weight is 426 g/mol. The molecule has 0 radical (unpaired) electrons. The molecule has 1 aromatic carbocycles. The van der Waals surface area contributed by atoms with Crippen LogP contribution in [0.15, 0.2) is 24.3 Å². The first-order valence-electron chi connectivity index (χ1n) is 11.3. The van der Waals surface area contributed by atoms with Crippen molar-refractivity contribution in [2.75, 3.05) is 39.3 Å². The summed E-state index contributed by atoms with van der Waals surface area (Å²) in [7, 11) is 0. The predicted octanol–water partition coefficient (Wildman–Crippen LogP) is 2.86. The number of halogens is 1. The van der Waals surface area contributed by atoms with E-state index in [1.807, 2.05) is 19.4 Å². The van der Waals surface area contributed by atoms with Crippen molar-refractivity contribution >= 4 is 11.9 Å². The first-order chi connectivity index (χ1) is 15.1. The molecule has 5 rings (SSSR count). The smallest absolute Gasteiger partial charge is 0.320 e. The van der Waals surface area contributed by atoms with Gasteiger partial charge >= 0.3 is 6.03 Å². The minimum Gasteiger partial charge on any atom is -0.334 e. The minimum absolute atomic E-state index is 0.0627. The maximum atomic E-state index is 13.4. The number of aromatic nitrogens is 2. The Hall–Kier alpha value is -2.90. The van der Waals surface area contributed by atoms with Gasteiger partial charge in [0.2, 0.25) is 0 Å². The van der Waals surface area contributed by atoms with Crippen molar-refractivity contribution in [2.24, 2.45) is 0 Å². The normalized spacial score (nSPS) is 18.9. The standard InChI is InChI=1S/C23H28FN5O2/c24-17-7-9-18(10-8-17)29-20-6-2-1-5-19(20)21(25-29)22(30)26-13-15-28(16-14-26)23(31)27-11-3-4-12-27/h7-10H,1-6,11-16H2. The van der Waals surface area contributed by atoms with Crippen LogP contribution in [-0.2, 0) is 12.8 Å². The van der Waals surface area contributed by atoms with E-state index in [-0.39, 0.29) is 17.8 Å². The lowest BCUT2D eigenvalue weighted by Crippen LogP contribution is -2.53. The highest BCUT2D eigenvalue weighted by molar-refractivity contribution is 5.94. The Labute approximate surface area is 181 Å². The summed E-state index contributed by atoms with van der Waals surface area (Å²) in [6, 6.07) is 6.35. The molecular formula is C23H28FN5O2.